The SMILES string of the molecule is NC1(C(=O)N(c2ncnc3[nH]ccc23)C(Cc2nccs2)c2ccc(Cl)cc2)CCNCC1. The summed E-state index contributed by atoms with van der Waals surface area (Å²) in [4.78, 5) is 32.5. The number of H-pyrrole nitrogens is 1. The molecule has 8 nitrogen and oxygen atoms in total. The van der Waals surface area contributed by atoms with Gasteiger partial charge in [-0.1, -0.05) is 23.7 Å². The molecule has 1 fully saturated rings. The van der Waals surface area contributed by atoms with E-state index >= 15 is 0 Å². The molecule has 4 heterocycles. The summed E-state index contributed by atoms with van der Waals surface area (Å²) in [7, 11) is 0. The molecule has 1 aromatic carbocycles. The van der Waals surface area contributed by atoms with Gasteiger partial charge < -0.3 is 16.0 Å². The molecule has 1 amide bonds. The first-order chi connectivity index (χ1) is 16.0. The molecule has 3 aromatic heterocycles. The van der Waals surface area contributed by atoms with Crippen molar-refractivity contribution in [3.05, 3.63) is 70.0 Å². The Balaban J connectivity index is 1.68. The van der Waals surface area contributed by atoms with Crippen molar-refractivity contribution in [3.8, 4) is 0 Å². The number of rotatable bonds is 6. The molecule has 33 heavy (non-hydrogen) atoms. The summed E-state index contributed by atoms with van der Waals surface area (Å²) in [5.74, 6) is 0.382. The maximum Gasteiger partial charge on any atom is 0.248 e. The standard InChI is InChI=1S/C23H24ClN7OS/c24-16-3-1-15(2-4-16)18(13-19-27-11-12-33-19)31(22(32)23(25)6-9-26-10-7-23)21-17-5-8-28-20(17)29-14-30-21/h1-5,8,11-12,14,18,26H,6-7,9-10,13,25H2,(H,28,29,30). The zero-order valence-electron chi connectivity index (χ0n) is 17.9. The largest absolute Gasteiger partial charge is 0.346 e. The van der Waals surface area contributed by atoms with Gasteiger partial charge in [-0.05, 0) is 49.7 Å². The lowest BCUT2D eigenvalue weighted by Crippen LogP contribution is -2.61. The van der Waals surface area contributed by atoms with Crippen LogP contribution in [0.1, 0.15) is 29.5 Å². The molecule has 0 radical (unpaired) electrons. The summed E-state index contributed by atoms with van der Waals surface area (Å²) in [6.45, 7) is 1.38. The normalized spacial score (nSPS) is 16.5. The highest BCUT2D eigenvalue weighted by Crippen LogP contribution is 2.36. The minimum atomic E-state index is -0.994. The van der Waals surface area contributed by atoms with Gasteiger partial charge in [0, 0.05) is 29.2 Å². The molecule has 1 atom stereocenters. The van der Waals surface area contributed by atoms with E-state index in [4.69, 9.17) is 17.3 Å². The number of aromatic nitrogens is 4. The number of benzene rings is 1. The first-order valence-electron chi connectivity index (χ1n) is 10.8. The van der Waals surface area contributed by atoms with E-state index in [0.29, 0.717) is 48.8 Å². The maximum atomic E-state index is 14.3. The van der Waals surface area contributed by atoms with Gasteiger partial charge in [-0.15, -0.1) is 11.3 Å². The maximum absolute atomic E-state index is 14.3. The average molecular weight is 482 g/mol. The fourth-order valence-corrected chi connectivity index (χ4v) is 5.11. The molecule has 1 aliphatic heterocycles. The van der Waals surface area contributed by atoms with Crippen LogP contribution in [-0.2, 0) is 11.2 Å². The molecule has 170 valence electrons. The number of piperidine rings is 1. The Morgan fingerprint density at radius 3 is 2.70 bits per heavy atom. The van der Waals surface area contributed by atoms with Crippen LogP contribution in [0.4, 0.5) is 5.82 Å². The number of anilines is 1. The number of fused-ring (bicyclic) bond motifs is 1. The van der Waals surface area contributed by atoms with E-state index in [1.165, 1.54) is 6.33 Å². The second kappa shape index (κ2) is 9.18. The van der Waals surface area contributed by atoms with Crippen molar-refractivity contribution in [2.75, 3.05) is 18.0 Å². The number of hydrogen-bond donors (Lipinski definition) is 3. The van der Waals surface area contributed by atoms with Crippen LogP contribution < -0.4 is 16.0 Å². The highest BCUT2D eigenvalue weighted by Gasteiger charge is 2.43. The van der Waals surface area contributed by atoms with Crippen LogP contribution >= 0.6 is 22.9 Å². The second-order valence-electron chi connectivity index (χ2n) is 8.22. The molecule has 1 aliphatic rings. The van der Waals surface area contributed by atoms with E-state index in [2.05, 4.69) is 25.3 Å². The fraction of sp³-hybridized carbons (Fsp3) is 0.304. The minimum Gasteiger partial charge on any atom is -0.346 e. The van der Waals surface area contributed by atoms with Crippen molar-refractivity contribution in [1.82, 2.24) is 25.3 Å². The van der Waals surface area contributed by atoms with Gasteiger partial charge in [-0.3, -0.25) is 9.69 Å². The van der Waals surface area contributed by atoms with Gasteiger partial charge in [0.15, 0.2) is 0 Å². The lowest BCUT2D eigenvalue weighted by molar-refractivity contribution is -0.125. The number of amides is 1. The molecular weight excluding hydrogens is 458 g/mol. The number of nitrogens with zero attached hydrogens (tertiary/aromatic N) is 4. The van der Waals surface area contributed by atoms with Crippen molar-refractivity contribution in [1.29, 1.82) is 0 Å². The van der Waals surface area contributed by atoms with Crippen LogP contribution in [0.5, 0.6) is 0 Å². The molecule has 1 unspecified atom stereocenters. The Morgan fingerprint density at radius 1 is 1.18 bits per heavy atom. The summed E-state index contributed by atoms with van der Waals surface area (Å²) in [5.41, 5.74) is 7.36. The topological polar surface area (TPSA) is 113 Å². The third-order valence-electron chi connectivity index (χ3n) is 6.12. The van der Waals surface area contributed by atoms with E-state index < -0.39 is 5.54 Å². The third kappa shape index (κ3) is 4.37. The summed E-state index contributed by atoms with van der Waals surface area (Å²) in [6, 6.07) is 9.08. The number of nitrogens with two attached hydrogens (primary N) is 1. The zero-order chi connectivity index (χ0) is 22.8. The van der Waals surface area contributed by atoms with Crippen LogP contribution in [0.3, 0.4) is 0 Å². The first kappa shape index (κ1) is 22.0. The molecule has 0 bridgehead atoms. The van der Waals surface area contributed by atoms with Crippen LogP contribution in [0.25, 0.3) is 11.0 Å². The van der Waals surface area contributed by atoms with Gasteiger partial charge in [0.2, 0.25) is 5.91 Å². The minimum absolute atomic E-state index is 0.151. The Labute approximate surface area is 200 Å². The summed E-state index contributed by atoms with van der Waals surface area (Å²) < 4.78 is 0. The van der Waals surface area contributed by atoms with Crippen molar-refractivity contribution in [2.24, 2.45) is 5.73 Å². The third-order valence-corrected chi connectivity index (χ3v) is 7.17. The summed E-state index contributed by atoms with van der Waals surface area (Å²) in [6.07, 6.45) is 6.67. The lowest BCUT2D eigenvalue weighted by Gasteiger charge is -2.40. The van der Waals surface area contributed by atoms with Crippen LogP contribution in [0, 0.1) is 0 Å². The molecule has 5 rings (SSSR count). The van der Waals surface area contributed by atoms with Gasteiger partial charge in [-0.2, -0.15) is 0 Å². The van der Waals surface area contributed by atoms with Gasteiger partial charge in [0.05, 0.1) is 22.0 Å². The Hall–Kier alpha value is -2.85. The number of carbonyl (C=O) groups is 1. The summed E-state index contributed by atoms with van der Waals surface area (Å²) >= 11 is 7.74. The molecule has 0 saturated carbocycles. The Kier molecular flexibility index (Phi) is 6.11. The fourth-order valence-electron chi connectivity index (χ4n) is 4.32. The highest BCUT2D eigenvalue weighted by atomic mass is 35.5. The number of hydrogen-bond acceptors (Lipinski definition) is 7. The monoisotopic (exact) mass is 481 g/mol. The van der Waals surface area contributed by atoms with E-state index in [1.54, 1.807) is 28.6 Å². The lowest BCUT2D eigenvalue weighted by atomic mass is 9.86. The number of thiazole rings is 1. The number of carbonyl (C=O) groups excluding carboxylic acids is 1. The van der Waals surface area contributed by atoms with E-state index in [1.807, 2.05) is 35.7 Å². The van der Waals surface area contributed by atoms with Crippen molar-refractivity contribution >= 4 is 45.7 Å². The van der Waals surface area contributed by atoms with E-state index in [-0.39, 0.29) is 11.9 Å². The van der Waals surface area contributed by atoms with E-state index in [9.17, 15) is 4.79 Å². The van der Waals surface area contributed by atoms with Crippen molar-refractivity contribution in [3.63, 3.8) is 0 Å². The molecule has 1 saturated heterocycles. The second-order valence-corrected chi connectivity index (χ2v) is 9.63. The predicted octanol–water partition coefficient (Wildman–Crippen LogP) is 3.47. The van der Waals surface area contributed by atoms with Crippen molar-refractivity contribution in [2.45, 2.75) is 30.8 Å². The molecule has 0 spiro atoms. The molecular formula is C23H24ClN7OS. The van der Waals surface area contributed by atoms with Crippen LogP contribution in [0.2, 0.25) is 5.02 Å². The van der Waals surface area contributed by atoms with Gasteiger partial charge >= 0.3 is 0 Å². The number of nitrogens with one attached hydrogen (secondary N) is 2. The smallest absolute Gasteiger partial charge is 0.248 e. The highest BCUT2D eigenvalue weighted by molar-refractivity contribution is 7.09. The molecule has 10 heteroatoms. The molecule has 4 N–H and O–H groups in total. The molecule has 4 aromatic rings. The Bertz CT molecular complexity index is 1240. The van der Waals surface area contributed by atoms with E-state index in [0.717, 1.165) is 16.0 Å². The number of halogens is 1. The van der Waals surface area contributed by atoms with Gasteiger partial charge in [0.1, 0.15) is 17.8 Å². The van der Waals surface area contributed by atoms with Crippen molar-refractivity contribution < 1.29 is 4.79 Å². The van der Waals surface area contributed by atoms with Crippen LogP contribution in [0.15, 0.2) is 54.4 Å². The Morgan fingerprint density at radius 2 is 1.97 bits per heavy atom. The predicted molar refractivity (Wildman–Crippen MR) is 130 cm³/mol. The van der Waals surface area contributed by atoms with Crippen LogP contribution in [-0.4, -0.2) is 44.5 Å². The van der Waals surface area contributed by atoms with Gasteiger partial charge in [0.25, 0.3) is 0 Å². The zero-order valence-corrected chi connectivity index (χ0v) is 19.4. The average Bonchev–Trinajstić information content (AvgIpc) is 3.52. The number of aromatic amines is 1. The molecule has 0 aliphatic carbocycles. The van der Waals surface area contributed by atoms with Gasteiger partial charge in [-0.25, -0.2) is 15.0 Å². The quantitative estimate of drug-likeness (QED) is 0.388. The first-order valence-corrected chi connectivity index (χ1v) is 12.1. The summed E-state index contributed by atoms with van der Waals surface area (Å²) in [5, 5.41) is 7.55.